The molecule has 3 aliphatic rings. The van der Waals surface area contributed by atoms with Gasteiger partial charge in [-0.2, -0.15) is 16.8 Å². The fourth-order valence-corrected chi connectivity index (χ4v) is 11.5. The van der Waals surface area contributed by atoms with E-state index in [0.29, 0.717) is 23.0 Å². The first-order valence-corrected chi connectivity index (χ1v) is 21.3. The summed E-state index contributed by atoms with van der Waals surface area (Å²) in [5, 5.41) is 0. The van der Waals surface area contributed by atoms with Gasteiger partial charge in [-0.05, 0) is 120 Å². The highest BCUT2D eigenvalue weighted by atomic mass is 32.2. The van der Waals surface area contributed by atoms with Gasteiger partial charge in [0.25, 0.3) is 20.2 Å². The van der Waals surface area contributed by atoms with Crippen molar-refractivity contribution in [2.45, 2.75) is 176 Å². The summed E-state index contributed by atoms with van der Waals surface area (Å²) in [6.07, 6.45) is 16.1. The minimum atomic E-state index is -4.41. The van der Waals surface area contributed by atoms with Gasteiger partial charge in [-0.15, -0.1) is 0 Å². The smallest absolute Gasteiger partial charge is 0.282 e. The average molecular weight is 687 g/mol. The van der Waals surface area contributed by atoms with Gasteiger partial charge in [-0.1, -0.05) is 110 Å². The van der Waals surface area contributed by atoms with Crippen molar-refractivity contribution in [2.24, 2.45) is 5.92 Å². The molecule has 2 aromatic rings. The Hall–Kier alpha value is -1.74. The first kappa shape index (κ1) is 36.5. The van der Waals surface area contributed by atoms with Gasteiger partial charge in [0.2, 0.25) is 0 Å². The fraction of sp³-hybridized carbons (Fsp3) is 0.692. The van der Waals surface area contributed by atoms with E-state index in [1.165, 1.54) is 31.2 Å². The van der Waals surface area contributed by atoms with Crippen molar-refractivity contribution in [3.63, 3.8) is 0 Å². The average Bonchev–Trinajstić information content (AvgIpc) is 3.03. The maximum absolute atomic E-state index is 13.3. The van der Waals surface area contributed by atoms with Crippen LogP contribution in [0.3, 0.4) is 0 Å². The van der Waals surface area contributed by atoms with Crippen molar-refractivity contribution >= 4 is 20.2 Å². The molecule has 3 aliphatic carbocycles. The molecule has 0 radical (unpaired) electrons. The van der Waals surface area contributed by atoms with Gasteiger partial charge >= 0.3 is 0 Å². The number of rotatable bonds is 10. The lowest BCUT2D eigenvalue weighted by Crippen LogP contribution is -2.21. The van der Waals surface area contributed by atoms with Crippen LogP contribution in [0, 0.1) is 5.92 Å². The summed E-state index contributed by atoms with van der Waals surface area (Å²) in [5.41, 5.74) is 5.43. The van der Waals surface area contributed by atoms with E-state index in [0.717, 1.165) is 87.3 Å². The zero-order valence-electron chi connectivity index (χ0n) is 29.3. The lowest BCUT2D eigenvalue weighted by molar-refractivity contribution is 0.290. The first-order chi connectivity index (χ1) is 22.1. The van der Waals surface area contributed by atoms with Crippen LogP contribution in [-0.4, -0.2) is 25.9 Å². The normalized spacial score (nSPS) is 23.0. The van der Waals surface area contributed by atoms with Gasteiger partial charge in [0.15, 0.2) is 0 Å². The molecular formula is C39H58O6S2. The standard InChI is InChI=1S/C39H58O6S2/c1-25(2)34-21-32(22-35(26(3)4)38(34)46(40,41)42)27(5)19-28-13-12-18-31(20-28)37-24-33(29-14-8-6-9-15-29)23-36(39(37)47(43,44)45)30-16-10-7-11-17-30/h21-31H,6-20H2,1-5H3,(H,40,41,42)(H,43,44,45). The summed E-state index contributed by atoms with van der Waals surface area (Å²) in [7, 11) is -8.78. The van der Waals surface area contributed by atoms with E-state index in [2.05, 4.69) is 19.1 Å². The van der Waals surface area contributed by atoms with Gasteiger partial charge in [0.05, 0.1) is 0 Å². The Morgan fingerprint density at radius 1 is 0.596 bits per heavy atom. The Bertz CT molecular complexity index is 1580. The minimum Gasteiger partial charge on any atom is -0.282 e. The maximum atomic E-state index is 13.3. The summed E-state index contributed by atoms with van der Waals surface area (Å²) in [6.45, 7) is 10.1. The Balaban J connectivity index is 1.49. The van der Waals surface area contributed by atoms with Gasteiger partial charge < -0.3 is 0 Å². The predicted octanol–water partition coefficient (Wildman–Crippen LogP) is 11.0. The van der Waals surface area contributed by atoms with Crippen LogP contribution in [0.1, 0.15) is 200 Å². The quantitative estimate of drug-likeness (QED) is 0.241. The van der Waals surface area contributed by atoms with Gasteiger partial charge in [-0.3, -0.25) is 9.11 Å². The molecule has 0 heterocycles. The molecule has 0 bridgehead atoms. The van der Waals surface area contributed by atoms with Crippen LogP contribution in [0.4, 0.5) is 0 Å². The van der Waals surface area contributed by atoms with Crippen LogP contribution in [0.2, 0.25) is 0 Å². The molecule has 0 aromatic heterocycles. The molecule has 6 nitrogen and oxygen atoms in total. The number of hydrogen-bond donors (Lipinski definition) is 2. The highest BCUT2D eigenvalue weighted by Crippen LogP contribution is 2.48. The lowest BCUT2D eigenvalue weighted by Gasteiger charge is -2.35. The molecule has 47 heavy (non-hydrogen) atoms. The molecule has 262 valence electrons. The van der Waals surface area contributed by atoms with Crippen molar-refractivity contribution < 1.29 is 25.9 Å². The molecule has 8 heteroatoms. The lowest BCUT2D eigenvalue weighted by atomic mass is 9.72. The zero-order valence-corrected chi connectivity index (χ0v) is 30.9. The van der Waals surface area contributed by atoms with Crippen molar-refractivity contribution in [3.8, 4) is 0 Å². The van der Waals surface area contributed by atoms with E-state index in [1.54, 1.807) is 0 Å². The van der Waals surface area contributed by atoms with E-state index in [-0.39, 0.29) is 39.4 Å². The maximum Gasteiger partial charge on any atom is 0.295 e. The van der Waals surface area contributed by atoms with Crippen LogP contribution in [0.25, 0.3) is 0 Å². The van der Waals surface area contributed by atoms with Crippen molar-refractivity contribution in [2.75, 3.05) is 0 Å². The predicted molar refractivity (Wildman–Crippen MR) is 190 cm³/mol. The summed E-state index contributed by atoms with van der Waals surface area (Å²) in [6, 6.07) is 8.31. The van der Waals surface area contributed by atoms with Crippen LogP contribution in [0.5, 0.6) is 0 Å². The third-order valence-electron chi connectivity index (χ3n) is 11.7. The van der Waals surface area contributed by atoms with Crippen molar-refractivity contribution in [1.29, 1.82) is 0 Å². The van der Waals surface area contributed by atoms with E-state index >= 15 is 0 Å². The second kappa shape index (κ2) is 15.0. The van der Waals surface area contributed by atoms with Gasteiger partial charge in [0.1, 0.15) is 9.79 Å². The Morgan fingerprint density at radius 2 is 1.06 bits per heavy atom. The third kappa shape index (κ3) is 8.53. The van der Waals surface area contributed by atoms with Crippen LogP contribution >= 0.6 is 0 Å². The Morgan fingerprint density at radius 3 is 1.55 bits per heavy atom. The monoisotopic (exact) mass is 686 g/mol. The fourth-order valence-electron chi connectivity index (χ4n) is 9.25. The summed E-state index contributed by atoms with van der Waals surface area (Å²) in [4.78, 5) is 0.271. The van der Waals surface area contributed by atoms with Crippen molar-refractivity contribution in [1.82, 2.24) is 0 Å². The van der Waals surface area contributed by atoms with E-state index in [4.69, 9.17) is 0 Å². The summed E-state index contributed by atoms with van der Waals surface area (Å²) < 4.78 is 72.5. The second-order valence-electron chi connectivity index (χ2n) is 15.9. The number of benzene rings is 2. The molecule has 0 aliphatic heterocycles. The van der Waals surface area contributed by atoms with E-state index in [1.807, 2.05) is 39.8 Å². The first-order valence-electron chi connectivity index (χ1n) is 18.5. The van der Waals surface area contributed by atoms with Gasteiger partial charge in [-0.25, -0.2) is 0 Å². The molecule has 3 unspecified atom stereocenters. The topological polar surface area (TPSA) is 109 Å². The summed E-state index contributed by atoms with van der Waals surface area (Å²) in [5.74, 6) is 1.11. The van der Waals surface area contributed by atoms with E-state index < -0.39 is 20.2 Å². The van der Waals surface area contributed by atoms with Crippen molar-refractivity contribution in [3.05, 3.63) is 57.6 Å². The highest BCUT2D eigenvalue weighted by molar-refractivity contribution is 7.86. The third-order valence-corrected chi connectivity index (χ3v) is 13.7. The van der Waals surface area contributed by atoms with Gasteiger partial charge in [0, 0.05) is 0 Å². The molecule has 0 spiro atoms. The van der Waals surface area contributed by atoms with Crippen LogP contribution in [0.15, 0.2) is 34.1 Å². The van der Waals surface area contributed by atoms with E-state index in [9.17, 15) is 25.9 Å². The van der Waals surface area contributed by atoms with Crippen LogP contribution < -0.4 is 0 Å². The molecule has 3 fully saturated rings. The zero-order chi connectivity index (χ0) is 34.1. The molecule has 3 saturated carbocycles. The Kier molecular flexibility index (Phi) is 11.7. The molecule has 0 saturated heterocycles. The summed E-state index contributed by atoms with van der Waals surface area (Å²) >= 11 is 0. The largest absolute Gasteiger partial charge is 0.295 e. The number of hydrogen-bond acceptors (Lipinski definition) is 4. The second-order valence-corrected chi connectivity index (χ2v) is 18.6. The highest BCUT2D eigenvalue weighted by Gasteiger charge is 2.35. The Labute approximate surface area is 285 Å². The molecular weight excluding hydrogens is 629 g/mol. The molecule has 5 rings (SSSR count). The van der Waals surface area contributed by atoms with Crippen LogP contribution in [-0.2, 0) is 20.2 Å². The molecule has 3 atom stereocenters. The molecule has 0 amide bonds. The molecule has 2 aromatic carbocycles. The molecule has 2 N–H and O–H groups in total. The minimum absolute atomic E-state index is 0.0561. The SMILES string of the molecule is CC(C)c1cc(C(C)CC2CCCC(c3cc(C4CCCCC4)cc(C4CCCCC4)c3S(=O)(=O)O)C2)cc(C(C)C)c1S(=O)(=O)O.